The molecule has 1 rings (SSSR count). The van der Waals surface area contributed by atoms with Crippen molar-refractivity contribution in [3.8, 4) is 0 Å². The molecular formula is C11H24N2O2S. The summed E-state index contributed by atoms with van der Waals surface area (Å²) in [6.45, 7) is 6.49. The van der Waals surface area contributed by atoms with Crippen molar-refractivity contribution in [1.82, 2.24) is 4.90 Å². The van der Waals surface area contributed by atoms with E-state index in [0.29, 0.717) is 12.0 Å². The highest BCUT2D eigenvalue weighted by atomic mass is 32.2. The first-order valence-corrected chi connectivity index (χ1v) is 7.73. The van der Waals surface area contributed by atoms with Crippen LogP contribution in [0.25, 0.3) is 0 Å². The van der Waals surface area contributed by atoms with Crippen LogP contribution in [0.3, 0.4) is 0 Å². The summed E-state index contributed by atoms with van der Waals surface area (Å²) in [6.07, 6.45) is 1.07. The molecular weight excluding hydrogens is 224 g/mol. The fourth-order valence-corrected chi connectivity index (χ4v) is 4.40. The van der Waals surface area contributed by atoms with E-state index in [1.165, 1.54) is 0 Å². The number of nitrogens with two attached hydrogens (primary N) is 1. The molecule has 0 aromatic carbocycles. The van der Waals surface area contributed by atoms with E-state index < -0.39 is 9.84 Å². The van der Waals surface area contributed by atoms with Crippen molar-refractivity contribution in [2.45, 2.75) is 45.3 Å². The van der Waals surface area contributed by atoms with E-state index in [4.69, 9.17) is 5.73 Å². The third kappa shape index (κ3) is 3.43. The van der Waals surface area contributed by atoms with Crippen molar-refractivity contribution in [3.63, 3.8) is 0 Å². The first kappa shape index (κ1) is 13.9. The van der Waals surface area contributed by atoms with Crippen LogP contribution in [0, 0.1) is 5.92 Å². The Labute approximate surface area is 99.1 Å². The molecule has 0 bridgehead atoms. The van der Waals surface area contributed by atoms with Crippen LogP contribution >= 0.6 is 0 Å². The molecule has 0 aliphatic carbocycles. The van der Waals surface area contributed by atoms with Gasteiger partial charge in [-0.1, -0.05) is 13.8 Å². The molecule has 0 aromatic rings. The highest BCUT2D eigenvalue weighted by molar-refractivity contribution is 7.91. The van der Waals surface area contributed by atoms with Crippen molar-refractivity contribution in [2.75, 3.05) is 18.6 Å². The number of likely N-dealkylation sites (N-methyl/N-ethyl adjacent to an activating group) is 1. The molecule has 4 nitrogen and oxygen atoms in total. The molecule has 1 heterocycles. The lowest BCUT2D eigenvalue weighted by molar-refractivity contribution is 0.167. The highest BCUT2D eigenvalue weighted by Crippen LogP contribution is 2.20. The Balaban J connectivity index is 2.64. The van der Waals surface area contributed by atoms with Crippen LogP contribution in [0.15, 0.2) is 0 Å². The number of nitrogens with zero attached hydrogens (tertiary/aromatic N) is 1. The first-order valence-electron chi connectivity index (χ1n) is 5.91. The van der Waals surface area contributed by atoms with E-state index in [9.17, 15) is 8.42 Å². The number of rotatable bonds is 4. The smallest absolute Gasteiger partial charge is 0.153 e. The Morgan fingerprint density at radius 3 is 2.25 bits per heavy atom. The second-order valence-corrected chi connectivity index (χ2v) is 7.61. The van der Waals surface area contributed by atoms with E-state index in [1.54, 1.807) is 0 Å². The number of hydrogen-bond acceptors (Lipinski definition) is 4. The van der Waals surface area contributed by atoms with Crippen molar-refractivity contribution < 1.29 is 8.42 Å². The molecule has 1 saturated heterocycles. The van der Waals surface area contributed by atoms with Gasteiger partial charge in [-0.15, -0.1) is 0 Å². The third-order valence-electron chi connectivity index (χ3n) is 3.40. The molecule has 0 saturated carbocycles. The summed E-state index contributed by atoms with van der Waals surface area (Å²) in [7, 11) is -0.934. The average molecular weight is 248 g/mol. The van der Waals surface area contributed by atoms with Crippen LogP contribution in [0.1, 0.15) is 27.2 Å². The second-order valence-electron chi connectivity index (χ2n) is 5.45. The maximum absolute atomic E-state index is 11.5. The number of sulfone groups is 1. The molecule has 1 aliphatic heterocycles. The zero-order chi connectivity index (χ0) is 12.5. The predicted molar refractivity (Wildman–Crippen MR) is 67.1 cm³/mol. The highest BCUT2D eigenvalue weighted by Gasteiger charge is 2.38. The lowest BCUT2D eigenvalue weighted by atomic mass is 10.0. The minimum absolute atomic E-state index is 0.0150. The molecule has 3 atom stereocenters. The van der Waals surface area contributed by atoms with Crippen molar-refractivity contribution in [3.05, 3.63) is 0 Å². The van der Waals surface area contributed by atoms with Gasteiger partial charge in [-0.05, 0) is 26.3 Å². The molecule has 2 N–H and O–H groups in total. The summed E-state index contributed by atoms with van der Waals surface area (Å²) < 4.78 is 23.0. The van der Waals surface area contributed by atoms with Crippen LogP contribution in [0.4, 0.5) is 0 Å². The lowest BCUT2D eigenvalue weighted by Gasteiger charge is -2.33. The van der Waals surface area contributed by atoms with Crippen LogP contribution in [0.5, 0.6) is 0 Å². The number of hydrogen-bond donors (Lipinski definition) is 1. The zero-order valence-electron chi connectivity index (χ0n) is 10.7. The Bertz CT molecular complexity index is 327. The van der Waals surface area contributed by atoms with Crippen molar-refractivity contribution >= 4 is 9.84 Å². The normalized spacial score (nSPS) is 31.2. The van der Waals surface area contributed by atoms with Crippen LogP contribution in [-0.2, 0) is 9.84 Å². The molecule has 0 radical (unpaired) electrons. The average Bonchev–Trinajstić information content (AvgIpc) is 2.37. The summed E-state index contributed by atoms with van der Waals surface area (Å²) in [5.74, 6) is 0.968. The molecule has 96 valence electrons. The van der Waals surface area contributed by atoms with Crippen molar-refractivity contribution in [2.24, 2.45) is 11.7 Å². The van der Waals surface area contributed by atoms with Gasteiger partial charge < -0.3 is 5.73 Å². The Hall–Kier alpha value is -0.130. The van der Waals surface area contributed by atoms with Crippen LogP contribution < -0.4 is 5.73 Å². The largest absolute Gasteiger partial charge is 0.325 e. The van der Waals surface area contributed by atoms with Crippen LogP contribution in [0.2, 0.25) is 0 Å². The van der Waals surface area contributed by atoms with Crippen LogP contribution in [-0.4, -0.2) is 50.0 Å². The van der Waals surface area contributed by atoms with Gasteiger partial charge in [-0.3, -0.25) is 4.90 Å². The van der Waals surface area contributed by atoms with Gasteiger partial charge in [0, 0.05) is 18.1 Å². The minimum Gasteiger partial charge on any atom is -0.325 e. The minimum atomic E-state index is -2.92. The molecule has 1 aliphatic rings. The molecule has 0 spiro atoms. The summed E-state index contributed by atoms with van der Waals surface area (Å²) in [4.78, 5) is 2.13. The van der Waals surface area contributed by atoms with E-state index >= 15 is 0 Å². The van der Waals surface area contributed by atoms with Crippen molar-refractivity contribution in [1.29, 1.82) is 0 Å². The van der Waals surface area contributed by atoms with E-state index in [-0.39, 0.29) is 23.6 Å². The van der Waals surface area contributed by atoms with Gasteiger partial charge in [0.15, 0.2) is 9.84 Å². The fraction of sp³-hybridized carbons (Fsp3) is 1.00. The monoisotopic (exact) mass is 248 g/mol. The Morgan fingerprint density at radius 1 is 1.31 bits per heavy atom. The van der Waals surface area contributed by atoms with Gasteiger partial charge in [0.25, 0.3) is 0 Å². The predicted octanol–water partition coefficient (Wildman–Crippen LogP) is 0.477. The molecule has 3 unspecified atom stereocenters. The van der Waals surface area contributed by atoms with Gasteiger partial charge in [0.05, 0.1) is 11.5 Å². The zero-order valence-corrected chi connectivity index (χ0v) is 11.5. The Morgan fingerprint density at radius 2 is 1.88 bits per heavy atom. The molecule has 1 fully saturated rings. The van der Waals surface area contributed by atoms with Gasteiger partial charge in [0.2, 0.25) is 0 Å². The van der Waals surface area contributed by atoms with Gasteiger partial charge in [-0.25, -0.2) is 8.42 Å². The summed E-state index contributed by atoms with van der Waals surface area (Å²) in [6, 6.07) is 0.132. The van der Waals surface area contributed by atoms with Gasteiger partial charge in [0.1, 0.15) is 0 Å². The SMILES string of the molecule is CC(C)CC(C)N(C)C1CS(=O)(=O)CC1N. The third-order valence-corrected chi connectivity index (χ3v) is 5.14. The maximum Gasteiger partial charge on any atom is 0.153 e. The quantitative estimate of drug-likeness (QED) is 0.786. The standard InChI is InChI=1S/C11H24N2O2S/c1-8(2)5-9(3)13(4)11-7-16(14,15)6-10(11)12/h8-11H,5-7,12H2,1-4H3. The summed E-state index contributed by atoms with van der Waals surface area (Å²) >= 11 is 0. The maximum atomic E-state index is 11.5. The topological polar surface area (TPSA) is 63.4 Å². The van der Waals surface area contributed by atoms with E-state index in [0.717, 1.165) is 6.42 Å². The van der Waals surface area contributed by atoms with Gasteiger partial charge >= 0.3 is 0 Å². The summed E-state index contributed by atoms with van der Waals surface area (Å²) in [5, 5.41) is 0. The lowest BCUT2D eigenvalue weighted by Crippen LogP contribution is -2.49. The molecule has 0 amide bonds. The molecule has 16 heavy (non-hydrogen) atoms. The first-order chi connectivity index (χ1) is 7.23. The summed E-state index contributed by atoms with van der Waals surface area (Å²) in [5.41, 5.74) is 5.90. The van der Waals surface area contributed by atoms with E-state index in [1.807, 2.05) is 7.05 Å². The Kier molecular flexibility index (Phi) is 4.37. The second kappa shape index (κ2) is 5.02. The fourth-order valence-electron chi connectivity index (χ4n) is 2.45. The van der Waals surface area contributed by atoms with E-state index in [2.05, 4.69) is 25.7 Å². The molecule has 5 heteroatoms. The molecule has 0 aromatic heterocycles. The van der Waals surface area contributed by atoms with Gasteiger partial charge in [-0.2, -0.15) is 0 Å².